The van der Waals surface area contributed by atoms with Crippen LogP contribution in [0.5, 0.6) is 0 Å². The molecular formula is C22H17FN4O3. The largest absolute Gasteiger partial charge is 0.337 e. The number of aryl methyl sites for hydroxylation is 1. The Labute approximate surface area is 170 Å². The maximum absolute atomic E-state index is 13.7. The van der Waals surface area contributed by atoms with Gasteiger partial charge in [-0.3, -0.25) is 14.2 Å². The molecule has 0 saturated carbocycles. The molecule has 2 aromatic heterocycles. The van der Waals surface area contributed by atoms with E-state index in [4.69, 9.17) is 0 Å². The van der Waals surface area contributed by atoms with Crippen LogP contribution in [0, 0.1) is 12.7 Å². The Balaban J connectivity index is 1.83. The van der Waals surface area contributed by atoms with E-state index in [0.29, 0.717) is 11.3 Å². The number of carbonyl (C=O) groups excluding carboxylic acids is 1. The predicted molar refractivity (Wildman–Crippen MR) is 112 cm³/mol. The molecule has 1 amide bonds. The van der Waals surface area contributed by atoms with Crippen LogP contribution in [0.4, 0.5) is 10.1 Å². The van der Waals surface area contributed by atoms with Crippen molar-refractivity contribution in [2.24, 2.45) is 7.05 Å². The van der Waals surface area contributed by atoms with Crippen LogP contribution in [-0.4, -0.2) is 20.0 Å². The molecule has 2 heterocycles. The maximum atomic E-state index is 13.7. The molecule has 0 unspecified atom stereocenters. The van der Waals surface area contributed by atoms with Gasteiger partial charge in [0.25, 0.3) is 11.5 Å². The van der Waals surface area contributed by atoms with Crippen LogP contribution >= 0.6 is 0 Å². The average Bonchev–Trinajstić information content (AvgIpc) is 2.75. The van der Waals surface area contributed by atoms with Gasteiger partial charge in [0.2, 0.25) is 0 Å². The number of benzene rings is 2. The number of amides is 1. The molecule has 0 aliphatic heterocycles. The first-order chi connectivity index (χ1) is 14.4. The Morgan fingerprint density at radius 3 is 2.50 bits per heavy atom. The number of hydrogen-bond acceptors (Lipinski definition) is 4. The number of aromatic nitrogens is 3. The fraction of sp³-hybridized carbons (Fsp3) is 0.0909. The van der Waals surface area contributed by atoms with Crippen LogP contribution in [-0.2, 0) is 7.05 Å². The summed E-state index contributed by atoms with van der Waals surface area (Å²) in [5, 5.41) is 2.70. The quantitative estimate of drug-likeness (QED) is 0.569. The Hall–Kier alpha value is -4.07. The van der Waals surface area contributed by atoms with Gasteiger partial charge in [-0.1, -0.05) is 24.3 Å². The third kappa shape index (κ3) is 3.28. The zero-order chi connectivity index (χ0) is 21.4. The van der Waals surface area contributed by atoms with E-state index in [-0.39, 0.29) is 22.3 Å². The molecule has 7 nitrogen and oxygen atoms in total. The summed E-state index contributed by atoms with van der Waals surface area (Å²) in [5.41, 5.74) is 0.436. The molecule has 150 valence electrons. The number of hydrogen-bond donors (Lipinski definition) is 1. The third-order valence-corrected chi connectivity index (χ3v) is 4.80. The van der Waals surface area contributed by atoms with Crippen LogP contribution < -0.4 is 16.6 Å². The summed E-state index contributed by atoms with van der Waals surface area (Å²) in [6.45, 7) is 1.62. The molecule has 0 aliphatic carbocycles. The van der Waals surface area contributed by atoms with Gasteiger partial charge in [-0.2, -0.15) is 0 Å². The van der Waals surface area contributed by atoms with Gasteiger partial charge in [0.15, 0.2) is 5.65 Å². The lowest BCUT2D eigenvalue weighted by Crippen LogP contribution is -2.38. The summed E-state index contributed by atoms with van der Waals surface area (Å²) in [6, 6.07) is 14.5. The Bertz CT molecular complexity index is 1410. The SMILES string of the molecule is Cc1ccc(NC(=O)c2cnc3c(c2)c(=O)n(C)c(=O)n3-c2ccccc2)cc1F. The minimum atomic E-state index is -0.564. The molecule has 30 heavy (non-hydrogen) atoms. The summed E-state index contributed by atoms with van der Waals surface area (Å²) in [7, 11) is 1.37. The van der Waals surface area contributed by atoms with Crippen molar-refractivity contribution in [2.45, 2.75) is 6.92 Å². The van der Waals surface area contributed by atoms with Crippen molar-refractivity contribution < 1.29 is 9.18 Å². The highest BCUT2D eigenvalue weighted by atomic mass is 19.1. The number of fused-ring (bicyclic) bond motifs is 1. The van der Waals surface area contributed by atoms with E-state index in [0.717, 1.165) is 4.57 Å². The molecule has 0 aliphatic rings. The third-order valence-electron chi connectivity index (χ3n) is 4.80. The van der Waals surface area contributed by atoms with Gasteiger partial charge >= 0.3 is 5.69 Å². The zero-order valence-electron chi connectivity index (χ0n) is 16.2. The highest BCUT2D eigenvalue weighted by molar-refractivity contribution is 6.05. The lowest BCUT2D eigenvalue weighted by Gasteiger charge is -2.12. The van der Waals surface area contributed by atoms with Crippen molar-refractivity contribution in [1.29, 1.82) is 0 Å². The minimum Gasteiger partial charge on any atom is -0.322 e. The van der Waals surface area contributed by atoms with Crippen molar-refractivity contribution in [3.8, 4) is 5.69 Å². The van der Waals surface area contributed by atoms with E-state index in [1.807, 2.05) is 6.07 Å². The number of pyridine rings is 1. The molecule has 2 aromatic carbocycles. The fourth-order valence-electron chi connectivity index (χ4n) is 3.11. The van der Waals surface area contributed by atoms with E-state index < -0.39 is 23.0 Å². The van der Waals surface area contributed by atoms with Crippen LogP contribution in [0.3, 0.4) is 0 Å². The Kier molecular flexibility index (Phi) is 4.75. The lowest BCUT2D eigenvalue weighted by atomic mass is 10.2. The van der Waals surface area contributed by atoms with Crippen molar-refractivity contribution in [2.75, 3.05) is 5.32 Å². The highest BCUT2D eigenvalue weighted by Crippen LogP contribution is 2.17. The fourth-order valence-corrected chi connectivity index (χ4v) is 3.11. The first-order valence-electron chi connectivity index (χ1n) is 9.11. The van der Waals surface area contributed by atoms with E-state index in [9.17, 15) is 18.8 Å². The van der Waals surface area contributed by atoms with Gasteiger partial charge in [-0.25, -0.2) is 18.7 Å². The van der Waals surface area contributed by atoms with Gasteiger partial charge in [0.1, 0.15) is 5.82 Å². The lowest BCUT2D eigenvalue weighted by molar-refractivity contribution is 0.102. The molecule has 0 saturated heterocycles. The van der Waals surface area contributed by atoms with E-state index >= 15 is 0 Å². The van der Waals surface area contributed by atoms with Crippen LogP contribution in [0.25, 0.3) is 16.7 Å². The first kappa shape index (κ1) is 19.3. The molecule has 8 heteroatoms. The number of para-hydroxylation sites is 1. The smallest absolute Gasteiger partial charge is 0.322 e. The van der Waals surface area contributed by atoms with Crippen molar-refractivity contribution >= 4 is 22.6 Å². The number of anilines is 1. The number of halogens is 1. The Morgan fingerprint density at radius 1 is 1.07 bits per heavy atom. The molecule has 0 bridgehead atoms. The van der Waals surface area contributed by atoms with Gasteiger partial charge in [-0.15, -0.1) is 0 Å². The normalized spacial score (nSPS) is 10.9. The van der Waals surface area contributed by atoms with Gasteiger partial charge in [0.05, 0.1) is 16.6 Å². The molecule has 4 rings (SSSR count). The molecule has 1 N–H and O–H groups in total. The molecule has 4 aromatic rings. The molecular weight excluding hydrogens is 387 g/mol. The first-order valence-corrected chi connectivity index (χ1v) is 9.11. The maximum Gasteiger partial charge on any atom is 0.337 e. The number of rotatable bonds is 3. The minimum absolute atomic E-state index is 0.110. The van der Waals surface area contributed by atoms with Crippen LogP contribution in [0.1, 0.15) is 15.9 Å². The monoisotopic (exact) mass is 404 g/mol. The van der Waals surface area contributed by atoms with Crippen LogP contribution in [0.2, 0.25) is 0 Å². The van der Waals surface area contributed by atoms with Gasteiger partial charge < -0.3 is 5.32 Å². The zero-order valence-corrected chi connectivity index (χ0v) is 16.2. The summed E-state index contributed by atoms with van der Waals surface area (Å²) >= 11 is 0. The van der Waals surface area contributed by atoms with Gasteiger partial charge in [0, 0.05) is 18.9 Å². The average molecular weight is 404 g/mol. The molecule has 0 atom stereocenters. The van der Waals surface area contributed by atoms with Crippen molar-refractivity contribution in [3.63, 3.8) is 0 Å². The van der Waals surface area contributed by atoms with E-state index in [1.165, 1.54) is 29.9 Å². The second kappa shape index (κ2) is 7.40. The van der Waals surface area contributed by atoms with Crippen LogP contribution in [0.15, 0.2) is 70.4 Å². The molecule has 0 radical (unpaired) electrons. The topological polar surface area (TPSA) is 86.0 Å². The highest BCUT2D eigenvalue weighted by Gasteiger charge is 2.16. The van der Waals surface area contributed by atoms with E-state index in [1.54, 1.807) is 43.3 Å². The summed E-state index contributed by atoms with van der Waals surface area (Å²) in [6.07, 6.45) is 1.28. The van der Waals surface area contributed by atoms with Crippen molar-refractivity contribution in [3.05, 3.63) is 98.6 Å². The number of nitrogens with zero attached hydrogens (tertiary/aromatic N) is 3. The second-order valence-electron chi connectivity index (χ2n) is 6.83. The number of carbonyl (C=O) groups is 1. The summed E-state index contributed by atoms with van der Waals surface area (Å²) in [5.74, 6) is -0.989. The second-order valence-corrected chi connectivity index (χ2v) is 6.83. The molecule has 0 fully saturated rings. The summed E-state index contributed by atoms with van der Waals surface area (Å²) < 4.78 is 16.0. The predicted octanol–water partition coefficient (Wildman–Crippen LogP) is 2.78. The van der Waals surface area contributed by atoms with E-state index in [2.05, 4.69) is 10.3 Å². The number of nitrogens with one attached hydrogen (secondary N) is 1. The van der Waals surface area contributed by atoms with Crippen molar-refractivity contribution in [1.82, 2.24) is 14.1 Å². The Morgan fingerprint density at radius 2 is 1.80 bits per heavy atom. The standard InChI is InChI=1S/C22H17FN4O3/c1-13-8-9-15(11-18(13)23)25-20(28)14-10-17-19(24-12-14)27(16-6-4-3-5-7-16)22(30)26(2)21(17)29/h3-12H,1-2H3,(H,25,28). The van der Waals surface area contributed by atoms with Gasteiger partial charge in [-0.05, 0) is 42.8 Å². The molecule has 0 spiro atoms. The summed E-state index contributed by atoms with van der Waals surface area (Å²) in [4.78, 5) is 42.2.